The summed E-state index contributed by atoms with van der Waals surface area (Å²) < 4.78 is 10.3. The van der Waals surface area contributed by atoms with Crippen LogP contribution in [-0.4, -0.2) is 23.6 Å². The summed E-state index contributed by atoms with van der Waals surface area (Å²) in [6.07, 6.45) is -0.824. The highest BCUT2D eigenvalue weighted by Gasteiger charge is 2.73. The summed E-state index contributed by atoms with van der Waals surface area (Å²) in [5.41, 5.74) is 6.01. The molecule has 0 aromatic heterocycles. The Balaban J connectivity index is 1.57. The van der Waals surface area contributed by atoms with Gasteiger partial charge < -0.3 is 20.1 Å². The Kier molecular flexibility index (Phi) is 4.01. The van der Waals surface area contributed by atoms with Gasteiger partial charge in [0, 0.05) is 11.3 Å². The summed E-state index contributed by atoms with van der Waals surface area (Å²) in [5.74, 6) is -0.829. The third-order valence-electron chi connectivity index (χ3n) is 5.68. The van der Waals surface area contributed by atoms with E-state index in [2.05, 4.69) is 4.74 Å². The normalized spacial score (nSPS) is 25.4. The zero-order valence-electron chi connectivity index (χ0n) is 15.6. The van der Waals surface area contributed by atoms with Crippen molar-refractivity contribution in [3.05, 3.63) is 65.2 Å². The van der Waals surface area contributed by atoms with Crippen molar-refractivity contribution >= 4 is 23.7 Å². The van der Waals surface area contributed by atoms with Crippen LogP contribution in [0, 0.1) is 0 Å². The van der Waals surface area contributed by atoms with E-state index in [1.54, 1.807) is 18.7 Å². The van der Waals surface area contributed by atoms with Gasteiger partial charge in [0.05, 0.1) is 6.54 Å². The van der Waals surface area contributed by atoms with E-state index in [0.717, 1.165) is 16.8 Å². The molecule has 2 aliphatic heterocycles. The predicted molar refractivity (Wildman–Crippen MR) is 101 cm³/mol. The second-order valence-corrected chi connectivity index (χ2v) is 7.12. The maximum absolute atomic E-state index is 12.6. The fourth-order valence-corrected chi connectivity index (χ4v) is 4.00. The van der Waals surface area contributed by atoms with E-state index in [9.17, 15) is 14.4 Å². The van der Waals surface area contributed by atoms with Crippen molar-refractivity contribution in [2.24, 2.45) is 5.73 Å². The Hall–Kier alpha value is -3.19. The molecule has 1 fully saturated rings. The van der Waals surface area contributed by atoms with Crippen molar-refractivity contribution in [3.8, 4) is 0 Å². The lowest BCUT2D eigenvalue weighted by Crippen LogP contribution is -2.35. The van der Waals surface area contributed by atoms with Gasteiger partial charge in [-0.2, -0.15) is 0 Å². The second kappa shape index (κ2) is 6.17. The zero-order valence-corrected chi connectivity index (χ0v) is 15.6. The number of carbonyl (C=O) groups excluding carboxylic acids is 3. The molecule has 2 unspecified atom stereocenters. The van der Waals surface area contributed by atoms with Crippen LogP contribution in [0.5, 0.6) is 0 Å². The fraction of sp³-hybridized carbons (Fsp3) is 0.286. The first-order chi connectivity index (χ1) is 13.3. The number of anilines is 1. The SMILES string of the molecule is CCC1(C(=O)OC(N)=O)OC1(C)c1ccc(N2Cc3ccccc3C2=O)cc1. The van der Waals surface area contributed by atoms with Crippen molar-refractivity contribution in [1.29, 1.82) is 0 Å². The minimum Gasteiger partial charge on any atom is -0.374 e. The summed E-state index contributed by atoms with van der Waals surface area (Å²) in [7, 11) is 0. The van der Waals surface area contributed by atoms with Gasteiger partial charge in [0.15, 0.2) is 5.60 Å². The molecule has 0 bridgehead atoms. The van der Waals surface area contributed by atoms with Gasteiger partial charge in [0.1, 0.15) is 5.60 Å². The molecule has 28 heavy (non-hydrogen) atoms. The molecule has 2 aromatic carbocycles. The molecule has 7 nitrogen and oxygen atoms in total. The van der Waals surface area contributed by atoms with Gasteiger partial charge in [0.2, 0.25) is 0 Å². The van der Waals surface area contributed by atoms with Gasteiger partial charge in [-0.25, -0.2) is 9.59 Å². The summed E-state index contributed by atoms with van der Waals surface area (Å²) in [6.45, 7) is 4.07. The number of nitrogens with two attached hydrogens (primary N) is 1. The van der Waals surface area contributed by atoms with Crippen molar-refractivity contribution in [2.75, 3.05) is 4.90 Å². The molecular weight excluding hydrogens is 360 g/mol. The molecule has 144 valence electrons. The Morgan fingerprint density at radius 2 is 1.86 bits per heavy atom. The topological polar surface area (TPSA) is 102 Å². The van der Waals surface area contributed by atoms with Crippen molar-refractivity contribution in [1.82, 2.24) is 0 Å². The molecule has 7 heteroatoms. The highest BCUT2D eigenvalue weighted by Crippen LogP contribution is 2.58. The van der Waals surface area contributed by atoms with E-state index in [0.29, 0.717) is 18.5 Å². The number of ether oxygens (including phenoxy) is 2. The number of benzene rings is 2. The summed E-state index contributed by atoms with van der Waals surface area (Å²) in [5, 5.41) is 0. The standard InChI is InChI=1S/C21H20N2O5/c1-3-21(18(25)27-19(22)26)20(2,28-21)14-8-10-15(11-9-14)23-12-13-6-4-5-7-16(13)17(23)24/h4-11H,3,12H2,1-2H3,(H2,22,26). The number of esters is 1. The molecule has 0 saturated carbocycles. The van der Waals surface area contributed by atoms with E-state index < -0.39 is 23.3 Å². The number of nitrogens with zero attached hydrogens (tertiary/aromatic N) is 1. The number of fused-ring (bicyclic) bond motifs is 1. The van der Waals surface area contributed by atoms with Crippen LogP contribution in [0.25, 0.3) is 0 Å². The summed E-state index contributed by atoms with van der Waals surface area (Å²) in [4.78, 5) is 37.6. The second-order valence-electron chi connectivity index (χ2n) is 7.12. The average molecular weight is 380 g/mol. The molecule has 2 amide bonds. The zero-order chi connectivity index (χ0) is 20.1. The van der Waals surface area contributed by atoms with E-state index in [-0.39, 0.29) is 5.91 Å². The first kappa shape index (κ1) is 18.2. The molecule has 1 saturated heterocycles. The number of rotatable bonds is 4. The number of hydrogen-bond acceptors (Lipinski definition) is 5. The monoisotopic (exact) mass is 380 g/mol. The van der Waals surface area contributed by atoms with Crippen molar-refractivity contribution < 1.29 is 23.9 Å². The van der Waals surface area contributed by atoms with Gasteiger partial charge in [0.25, 0.3) is 5.91 Å². The lowest BCUT2D eigenvalue weighted by molar-refractivity contribution is -0.143. The minimum atomic E-state index is -1.25. The van der Waals surface area contributed by atoms with Crippen LogP contribution in [0.1, 0.15) is 41.8 Å². The molecule has 2 N–H and O–H groups in total. The molecule has 0 spiro atoms. The molecule has 2 heterocycles. The molecule has 0 aliphatic carbocycles. The van der Waals surface area contributed by atoms with E-state index in [4.69, 9.17) is 10.5 Å². The van der Waals surface area contributed by atoms with Gasteiger partial charge >= 0.3 is 12.1 Å². The predicted octanol–water partition coefficient (Wildman–Crippen LogP) is 2.86. The molecular formula is C21H20N2O5. The third kappa shape index (κ3) is 2.51. The van der Waals surface area contributed by atoms with Crippen LogP contribution in [0.2, 0.25) is 0 Å². The molecule has 0 radical (unpaired) electrons. The first-order valence-corrected chi connectivity index (χ1v) is 9.04. The Bertz CT molecular complexity index is 987. The lowest BCUT2D eigenvalue weighted by Gasteiger charge is -2.18. The Morgan fingerprint density at radius 3 is 2.46 bits per heavy atom. The largest absolute Gasteiger partial charge is 0.412 e. The number of amides is 2. The van der Waals surface area contributed by atoms with Gasteiger partial charge in [-0.05, 0) is 42.7 Å². The first-order valence-electron chi connectivity index (χ1n) is 9.04. The van der Waals surface area contributed by atoms with E-state index >= 15 is 0 Å². The minimum absolute atomic E-state index is 0.0369. The van der Waals surface area contributed by atoms with Crippen LogP contribution in [0.15, 0.2) is 48.5 Å². The molecule has 2 aromatic rings. The number of hydrogen-bond donors (Lipinski definition) is 1. The van der Waals surface area contributed by atoms with Gasteiger partial charge in [-0.3, -0.25) is 4.79 Å². The summed E-state index contributed by atoms with van der Waals surface area (Å²) >= 11 is 0. The Morgan fingerprint density at radius 1 is 1.18 bits per heavy atom. The van der Waals surface area contributed by atoms with Crippen molar-refractivity contribution in [2.45, 2.75) is 38.0 Å². The highest BCUT2D eigenvalue weighted by molar-refractivity contribution is 6.10. The molecule has 4 rings (SSSR count). The molecule has 2 aliphatic rings. The highest BCUT2D eigenvalue weighted by atomic mass is 16.7. The van der Waals surface area contributed by atoms with E-state index in [1.807, 2.05) is 48.5 Å². The van der Waals surface area contributed by atoms with Crippen LogP contribution in [0.3, 0.4) is 0 Å². The third-order valence-corrected chi connectivity index (χ3v) is 5.68. The lowest BCUT2D eigenvalue weighted by atomic mass is 9.86. The van der Waals surface area contributed by atoms with Crippen LogP contribution in [-0.2, 0) is 26.4 Å². The smallest absolute Gasteiger partial charge is 0.374 e. The number of primary amides is 1. The fourth-order valence-electron chi connectivity index (χ4n) is 4.00. The van der Waals surface area contributed by atoms with Crippen LogP contribution >= 0.6 is 0 Å². The number of carbonyl (C=O) groups is 3. The average Bonchev–Trinajstić information content (AvgIpc) is 3.20. The van der Waals surface area contributed by atoms with Crippen molar-refractivity contribution in [3.63, 3.8) is 0 Å². The summed E-state index contributed by atoms with van der Waals surface area (Å²) in [6, 6.07) is 14.8. The Labute approximate surface area is 162 Å². The van der Waals surface area contributed by atoms with Crippen LogP contribution in [0.4, 0.5) is 10.5 Å². The maximum atomic E-state index is 12.6. The van der Waals surface area contributed by atoms with Crippen LogP contribution < -0.4 is 10.6 Å². The van der Waals surface area contributed by atoms with Gasteiger partial charge in [-0.15, -0.1) is 0 Å². The van der Waals surface area contributed by atoms with E-state index in [1.165, 1.54) is 0 Å². The number of epoxide rings is 1. The quantitative estimate of drug-likeness (QED) is 0.499. The molecule has 2 atom stereocenters. The maximum Gasteiger partial charge on any atom is 0.412 e. The van der Waals surface area contributed by atoms with Gasteiger partial charge in [-0.1, -0.05) is 37.3 Å².